The lowest BCUT2D eigenvalue weighted by molar-refractivity contribution is -0.0821. The van der Waals surface area contributed by atoms with Crippen molar-refractivity contribution in [2.45, 2.75) is 57.2 Å². The van der Waals surface area contributed by atoms with Crippen molar-refractivity contribution in [2.75, 3.05) is 14.2 Å². The van der Waals surface area contributed by atoms with Crippen LogP contribution in [0.5, 0.6) is 5.75 Å². The lowest BCUT2D eigenvalue weighted by Crippen LogP contribution is -2.42. The highest BCUT2D eigenvalue weighted by atomic mass is 16.5. The summed E-state index contributed by atoms with van der Waals surface area (Å²) in [5, 5.41) is 4.37. The number of rotatable bonds is 7. The fourth-order valence-corrected chi connectivity index (χ4v) is 2.86. The predicted octanol–water partition coefficient (Wildman–Crippen LogP) is 2.26. The second kappa shape index (κ2) is 5.92. The van der Waals surface area contributed by atoms with Crippen molar-refractivity contribution in [3.05, 3.63) is 11.9 Å². The minimum Gasteiger partial charge on any atom is -0.493 e. The van der Waals surface area contributed by atoms with E-state index in [0.717, 1.165) is 43.7 Å². The molecule has 2 rings (SSSR count). The minimum absolute atomic E-state index is 0.0360. The van der Waals surface area contributed by atoms with Gasteiger partial charge in [-0.1, -0.05) is 6.92 Å². The van der Waals surface area contributed by atoms with Crippen LogP contribution in [0.25, 0.3) is 0 Å². The van der Waals surface area contributed by atoms with Gasteiger partial charge in [0.15, 0.2) is 5.75 Å². The normalized spacial score (nSPS) is 18.9. The van der Waals surface area contributed by atoms with Gasteiger partial charge in [0.05, 0.1) is 30.6 Å². The van der Waals surface area contributed by atoms with Gasteiger partial charge >= 0.3 is 0 Å². The number of hydrogen-bond donors (Lipinski definition) is 1. The molecule has 1 fully saturated rings. The largest absolute Gasteiger partial charge is 0.493 e. The third kappa shape index (κ3) is 2.77. The Bertz CT molecular complexity index is 407. The first-order chi connectivity index (χ1) is 9.15. The SMILES string of the molecule is CCCn1ncc(OC)c1C(N)CC1(OC)CCC1. The number of methoxy groups -OCH3 is 2. The van der Waals surface area contributed by atoms with Crippen LogP contribution in [0.4, 0.5) is 0 Å². The van der Waals surface area contributed by atoms with E-state index in [4.69, 9.17) is 15.2 Å². The molecule has 1 aliphatic rings. The maximum absolute atomic E-state index is 6.40. The third-order valence-electron chi connectivity index (χ3n) is 4.14. The fourth-order valence-electron chi connectivity index (χ4n) is 2.86. The molecule has 0 saturated heterocycles. The summed E-state index contributed by atoms with van der Waals surface area (Å²) in [5.74, 6) is 0.784. The van der Waals surface area contributed by atoms with E-state index < -0.39 is 0 Å². The van der Waals surface area contributed by atoms with E-state index in [9.17, 15) is 0 Å². The number of ether oxygens (including phenoxy) is 2. The molecule has 0 aromatic carbocycles. The first-order valence-electron chi connectivity index (χ1n) is 7.06. The summed E-state index contributed by atoms with van der Waals surface area (Å²) in [5.41, 5.74) is 7.35. The van der Waals surface area contributed by atoms with Gasteiger partial charge < -0.3 is 15.2 Å². The van der Waals surface area contributed by atoms with E-state index in [1.54, 1.807) is 20.4 Å². The number of nitrogens with two attached hydrogens (primary N) is 1. The van der Waals surface area contributed by atoms with Crippen molar-refractivity contribution < 1.29 is 9.47 Å². The Morgan fingerprint density at radius 2 is 2.21 bits per heavy atom. The van der Waals surface area contributed by atoms with Crippen LogP contribution in [-0.4, -0.2) is 29.6 Å². The molecule has 19 heavy (non-hydrogen) atoms. The second-order valence-corrected chi connectivity index (χ2v) is 5.37. The fraction of sp³-hybridized carbons (Fsp3) is 0.786. The van der Waals surface area contributed by atoms with Crippen molar-refractivity contribution in [1.29, 1.82) is 0 Å². The number of aromatic nitrogens is 2. The van der Waals surface area contributed by atoms with Crippen LogP contribution in [-0.2, 0) is 11.3 Å². The van der Waals surface area contributed by atoms with E-state index in [1.807, 2.05) is 4.68 Å². The maximum Gasteiger partial charge on any atom is 0.161 e. The zero-order valence-electron chi connectivity index (χ0n) is 12.2. The van der Waals surface area contributed by atoms with E-state index in [-0.39, 0.29) is 11.6 Å². The molecule has 1 saturated carbocycles. The molecule has 1 aromatic rings. The van der Waals surface area contributed by atoms with E-state index >= 15 is 0 Å². The van der Waals surface area contributed by atoms with Gasteiger partial charge in [0.2, 0.25) is 0 Å². The Morgan fingerprint density at radius 1 is 1.47 bits per heavy atom. The zero-order chi connectivity index (χ0) is 13.9. The van der Waals surface area contributed by atoms with E-state index in [2.05, 4.69) is 12.0 Å². The molecular formula is C14H25N3O2. The van der Waals surface area contributed by atoms with Gasteiger partial charge in [-0.2, -0.15) is 5.10 Å². The van der Waals surface area contributed by atoms with Gasteiger partial charge in [-0.25, -0.2) is 0 Å². The second-order valence-electron chi connectivity index (χ2n) is 5.37. The van der Waals surface area contributed by atoms with E-state index in [0.29, 0.717) is 0 Å². The Kier molecular flexibility index (Phi) is 4.47. The smallest absolute Gasteiger partial charge is 0.161 e. The lowest BCUT2D eigenvalue weighted by atomic mass is 9.75. The average Bonchev–Trinajstić information content (AvgIpc) is 2.77. The third-order valence-corrected chi connectivity index (χ3v) is 4.14. The molecule has 5 nitrogen and oxygen atoms in total. The van der Waals surface area contributed by atoms with Crippen LogP contribution < -0.4 is 10.5 Å². The van der Waals surface area contributed by atoms with Gasteiger partial charge in [0, 0.05) is 13.7 Å². The van der Waals surface area contributed by atoms with Gasteiger partial charge in [-0.15, -0.1) is 0 Å². The Balaban J connectivity index is 2.17. The minimum atomic E-state index is -0.0933. The highest BCUT2D eigenvalue weighted by Crippen LogP contribution is 2.42. The monoisotopic (exact) mass is 267 g/mol. The molecule has 108 valence electrons. The van der Waals surface area contributed by atoms with Gasteiger partial charge in [0.1, 0.15) is 0 Å². The van der Waals surface area contributed by atoms with Crippen molar-refractivity contribution in [1.82, 2.24) is 9.78 Å². The molecule has 1 atom stereocenters. The molecular weight excluding hydrogens is 242 g/mol. The van der Waals surface area contributed by atoms with Gasteiger partial charge in [-0.3, -0.25) is 4.68 Å². The molecule has 1 heterocycles. The molecule has 0 amide bonds. The molecule has 5 heteroatoms. The summed E-state index contributed by atoms with van der Waals surface area (Å²) < 4.78 is 13.0. The molecule has 1 unspecified atom stereocenters. The number of hydrogen-bond acceptors (Lipinski definition) is 4. The van der Waals surface area contributed by atoms with E-state index in [1.165, 1.54) is 6.42 Å². The topological polar surface area (TPSA) is 62.3 Å². The number of nitrogens with zero attached hydrogens (tertiary/aromatic N) is 2. The van der Waals surface area contributed by atoms with Crippen LogP contribution >= 0.6 is 0 Å². The van der Waals surface area contributed by atoms with Crippen LogP contribution in [0.3, 0.4) is 0 Å². The molecule has 0 aliphatic heterocycles. The summed E-state index contributed by atoms with van der Waals surface area (Å²) in [7, 11) is 3.45. The Hall–Kier alpha value is -1.07. The zero-order valence-corrected chi connectivity index (χ0v) is 12.2. The highest BCUT2D eigenvalue weighted by Gasteiger charge is 2.39. The summed E-state index contributed by atoms with van der Waals surface area (Å²) in [6, 6.07) is -0.0933. The first-order valence-corrected chi connectivity index (χ1v) is 7.06. The number of aryl methyl sites for hydroxylation is 1. The van der Waals surface area contributed by atoms with Crippen molar-refractivity contribution in [3.63, 3.8) is 0 Å². The summed E-state index contributed by atoms with van der Waals surface area (Å²) in [4.78, 5) is 0. The van der Waals surface area contributed by atoms with Crippen LogP contribution in [0.2, 0.25) is 0 Å². The molecule has 0 radical (unpaired) electrons. The van der Waals surface area contributed by atoms with Crippen LogP contribution in [0, 0.1) is 0 Å². The highest BCUT2D eigenvalue weighted by molar-refractivity contribution is 5.28. The van der Waals surface area contributed by atoms with Crippen LogP contribution in [0.1, 0.15) is 50.8 Å². The molecule has 0 spiro atoms. The van der Waals surface area contributed by atoms with Gasteiger partial charge in [0.25, 0.3) is 0 Å². The molecule has 2 N–H and O–H groups in total. The molecule has 1 aliphatic carbocycles. The quantitative estimate of drug-likeness (QED) is 0.823. The predicted molar refractivity (Wildman–Crippen MR) is 74.2 cm³/mol. The summed E-state index contributed by atoms with van der Waals surface area (Å²) in [6.07, 6.45) is 7.04. The van der Waals surface area contributed by atoms with Crippen molar-refractivity contribution in [3.8, 4) is 5.75 Å². The van der Waals surface area contributed by atoms with Gasteiger partial charge in [-0.05, 0) is 32.1 Å². The van der Waals surface area contributed by atoms with Crippen molar-refractivity contribution in [2.24, 2.45) is 5.73 Å². The summed E-state index contributed by atoms with van der Waals surface area (Å²) >= 11 is 0. The first kappa shape index (κ1) is 14.3. The maximum atomic E-state index is 6.40. The standard InChI is InChI=1S/C14H25N3O2/c1-4-8-17-13(12(18-2)10-16-17)11(15)9-14(19-3)6-5-7-14/h10-11H,4-9,15H2,1-3H3. The summed E-state index contributed by atoms with van der Waals surface area (Å²) in [6.45, 7) is 3.00. The lowest BCUT2D eigenvalue weighted by Gasteiger charge is -2.42. The Morgan fingerprint density at radius 3 is 2.68 bits per heavy atom. The average molecular weight is 267 g/mol. The molecule has 1 aromatic heterocycles. The molecule has 0 bridgehead atoms. The Labute approximate surface area is 115 Å². The van der Waals surface area contributed by atoms with Crippen LogP contribution in [0.15, 0.2) is 6.20 Å². The van der Waals surface area contributed by atoms with Crippen molar-refractivity contribution >= 4 is 0 Å².